The zero-order valence-electron chi connectivity index (χ0n) is 21.3. The van der Waals surface area contributed by atoms with Gasteiger partial charge in [-0.25, -0.2) is 19.0 Å². The Morgan fingerprint density at radius 1 is 1.10 bits per heavy atom. The molecule has 1 atom stereocenters. The van der Waals surface area contributed by atoms with Crippen LogP contribution in [-0.2, 0) is 14.3 Å². The number of methoxy groups -OCH3 is 1. The normalized spacial score (nSPS) is 15.1. The van der Waals surface area contributed by atoms with Crippen molar-refractivity contribution in [1.29, 1.82) is 0 Å². The molecule has 3 heterocycles. The first-order valence-electron chi connectivity index (χ1n) is 12.0. The first-order chi connectivity index (χ1) is 18.8. The molecule has 2 aromatic carbocycles. The number of furan rings is 1. The van der Waals surface area contributed by atoms with E-state index in [1.807, 2.05) is 0 Å². The molecule has 1 aliphatic rings. The molecule has 39 heavy (non-hydrogen) atoms. The van der Waals surface area contributed by atoms with E-state index >= 15 is 0 Å². The van der Waals surface area contributed by atoms with E-state index in [1.54, 1.807) is 56.3 Å². The summed E-state index contributed by atoms with van der Waals surface area (Å²) in [4.78, 5) is 43.7. The van der Waals surface area contributed by atoms with Crippen molar-refractivity contribution in [3.8, 4) is 11.3 Å². The summed E-state index contributed by atoms with van der Waals surface area (Å²) < 4.78 is 31.6. The van der Waals surface area contributed by atoms with Crippen LogP contribution in [0, 0.1) is 5.82 Å². The monoisotopic (exact) mass is 546 g/mol. The minimum Gasteiger partial charge on any atom is -0.465 e. The summed E-state index contributed by atoms with van der Waals surface area (Å²) in [6.07, 6.45) is 1.58. The SMILES string of the molecule is CCOC(=O)C1=C(C)N=c2sc(=Cc3ccc(-c4ccccc4C(=O)OC)o3)c(=O)n2[C@H]1c1ccc(F)cc1. The Morgan fingerprint density at radius 3 is 2.56 bits per heavy atom. The third-order valence-electron chi connectivity index (χ3n) is 6.20. The Labute approximate surface area is 226 Å². The summed E-state index contributed by atoms with van der Waals surface area (Å²) in [6, 6.07) is 15.1. The maximum Gasteiger partial charge on any atom is 0.338 e. The Morgan fingerprint density at radius 2 is 1.85 bits per heavy atom. The van der Waals surface area contributed by atoms with Crippen molar-refractivity contribution in [3.05, 3.63) is 114 Å². The number of hydrogen-bond donors (Lipinski definition) is 0. The van der Waals surface area contributed by atoms with Crippen LogP contribution < -0.4 is 14.9 Å². The second-order valence-electron chi connectivity index (χ2n) is 8.59. The van der Waals surface area contributed by atoms with Crippen molar-refractivity contribution in [2.45, 2.75) is 19.9 Å². The van der Waals surface area contributed by atoms with Gasteiger partial charge in [0.25, 0.3) is 5.56 Å². The van der Waals surface area contributed by atoms with Gasteiger partial charge in [-0.2, -0.15) is 0 Å². The van der Waals surface area contributed by atoms with Crippen molar-refractivity contribution < 1.29 is 27.9 Å². The maximum absolute atomic E-state index is 13.7. The van der Waals surface area contributed by atoms with Crippen LogP contribution in [0.3, 0.4) is 0 Å². The molecule has 4 aromatic rings. The number of esters is 2. The predicted octanol–water partition coefficient (Wildman–Crippen LogP) is 3.98. The molecule has 0 bridgehead atoms. The summed E-state index contributed by atoms with van der Waals surface area (Å²) in [6.45, 7) is 3.52. The first kappa shape index (κ1) is 26.1. The average molecular weight is 547 g/mol. The van der Waals surface area contributed by atoms with Crippen molar-refractivity contribution >= 4 is 29.4 Å². The van der Waals surface area contributed by atoms with E-state index in [4.69, 9.17) is 13.9 Å². The van der Waals surface area contributed by atoms with Gasteiger partial charge in [0.2, 0.25) is 0 Å². The molecule has 0 unspecified atom stereocenters. The van der Waals surface area contributed by atoms with Gasteiger partial charge < -0.3 is 13.9 Å². The molecule has 0 aliphatic carbocycles. The fourth-order valence-electron chi connectivity index (χ4n) is 4.44. The number of allylic oxidation sites excluding steroid dienone is 1. The molecule has 1 aliphatic heterocycles. The van der Waals surface area contributed by atoms with Gasteiger partial charge in [0, 0.05) is 11.6 Å². The Balaban J connectivity index is 1.62. The van der Waals surface area contributed by atoms with E-state index in [0.29, 0.717) is 43.2 Å². The molecule has 0 saturated carbocycles. The van der Waals surface area contributed by atoms with Crippen molar-refractivity contribution in [2.75, 3.05) is 13.7 Å². The minimum absolute atomic E-state index is 0.149. The fourth-order valence-corrected chi connectivity index (χ4v) is 5.47. The van der Waals surface area contributed by atoms with Crippen LogP contribution in [0.5, 0.6) is 0 Å². The molecule has 5 rings (SSSR count). The van der Waals surface area contributed by atoms with Crippen molar-refractivity contribution in [2.24, 2.45) is 4.99 Å². The largest absolute Gasteiger partial charge is 0.465 e. The van der Waals surface area contributed by atoms with Crippen LogP contribution >= 0.6 is 11.3 Å². The molecular weight excluding hydrogens is 523 g/mol. The van der Waals surface area contributed by atoms with Crippen LogP contribution in [0.1, 0.15) is 41.6 Å². The average Bonchev–Trinajstić information content (AvgIpc) is 3.52. The minimum atomic E-state index is -0.845. The van der Waals surface area contributed by atoms with E-state index in [-0.39, 0.29) is 12.2 Å². The highest BCUT2D eigenvalue weighted by Gasteiger charge is 2.33. The topological polar surface area (TPSA) is 100 Å². The number of ether oxygens (including phenoxy) is 2. The van der Waals surface area contributed by atoms with Gasteiger partial charge in [-0.15, -0.1) is 0 Å². The molecule has 0 N–H and O–H groups in total. The van der Waals surface area contributed by atoms with Crippen molar-refractivity contribution in [3.63, 3.8) is 0 Å². The summed E-state index contributed by atoms with van der Waals surface area (Å²) in [5.74, 6) is -0.714. The number of carbonyl (C=O) groups is 2. The molecule has 2 aromatic heterocycles. The quantitative estimate of drug-likeness (QED) is 0.339. The van der Waals surface area contributed by atoms with E-state index < -0.39 is 29.4 Å². The van der Waals surface area contributed by atoms with Gasteiger partial charge >= 0.3 is 11.9 Å². The van der Waals surface area contributed by atoms with Crippen LogP contribution in [0.2, 0.25) is 0 Å². The molecule has 10 heteroatoms. The highest BCUT2D eigenvalue weighted by atomic mass is 32.1. The summed E-state index contributed by atoms with van der Waals surface area (Å²) >= 11 is 1.14. The molecule has 0 saturated heterocycles. The number of benzene rings is 2. The molecule has 0 fully saturated rings. The number of rotatable bonds is 6. The standard InChI is InChI=1S/C29H23FN2O6S/c1-4-37-28(35)24-16(2)31-29-32(25(24)17-9-11-18(30)12-10-17)26(33)23(39-29)15-19-13-14-22(38-19)20-7-5-6-8-21(20)27(34)36-3/h5-15,25H,4H2,1-3H3/t25-/m0/s1. The van der Waals surface area contributed by atoms with E-state index in [2.05, 4.69) is 4.99 Å². The second-order valence-corrected chi connectivity index (χ2v) is 9.60. The van der Waals surface area contributed by atoms with Gasteiger partial charge in [0.15, 0.2) is 4.80 Å². The van der Waals surface area contributed by atoms with E-state index in [1.165, 1.54) is 35.9 Å². The molecule has 0 spiro atoms. The highest BCUT2D eigenvalue weighted by molar-refractivity contribution is 7.07. The van der Waals surface area contributed by atoms with Crippen LogP contribution in [0.25, 0.3) is 17.4 Å². The second kappa shape index (κ2) is 10.7. The maximum atomic E-state index is 13.7. The third-order valence-corrected chi connectivity index (χ3v) is 7.18. The Hall–Kier alpha value is -4.57. The number of hydrogen-bond acceptors (Lipinski definition) is 8. The Bertz CT molecular complexity index is 1800. The smallest absolute Gasteiger partial charge is 0.338 e. The third kappa shape index (κ3) is 4.86. The number of aromatic nitrogens is 1. The molecular formula is C29H23FN2O6S. The number of carbonyl (C=O) groups excluding carboxylic acids is 2. The zero-order valence-corrected chi connectivity index (χ0v) is 22.1. The van der Waals surface area contributed by atoms with Gasteiger partial charge in [0.05, 0.1) is 41.1 Å². The molecule has 0 amide bonds. The Kier molecular flexibility index (Phi) is 7.12. The van der Waals surface area contributed by atoms with Crippen molar-refractivity contribution in [1.82, 2.24) is 4.57 Å². The number of halogens is 1. The van der Waals surface area contributed by atoms with Crippen LogP contribution in [-0.4, -0.2) is 30.2 Å². The van der Waals surface area contributed by atoms with Gasteiger partial charge in [-0.3, -0.25) is 9.36 Å². The highest BCUT2D eigenvalue weighted by Crippen LogP contribution is 2.31. The molecule has 0 radical (unpaired) electrons. The van der Waals surface area contributed by atoms with Gasteiger partial charge in [-0.1, -0.05) is 41.7 Å². The lowest BCUT2D eigenvalue weighted by atomic mass is 9.96. The lowest BCUT2D eigenvalue weighted by Crippen LogP contribution is -2.39. The number of fused-ring (bicyclic) bond motifs is 1. The number of thiazole rings is 1. The number of nitrogens with zero attached hydrogens (tertiary/aromatic N) is 2. The molecule has 8 nitrogen and oxygen atoms in total. The summed E-state index contributed by atoms with van der Waals surface area (Å²) in [7, 11) is 1.31. The van der Waals surface area contributed by atoms with Crippen LogP contribution in [0.4, 0.5) is 4.39 Å². The molecule has 198 valence electrons. The van der Waals surface area contributed by atoms with Gasteiger partial charge in [-0.05, 0) is 49.7 Å². The lowest BCUT2D eigenvalue weighted by Gasteiger charge is -2.24. The van der Waals surface area contributed by atoms with Crippen LogP contribution in [0.15, 0.2) is 86.1 Å². The summed E-state index contributed by atoms with van der Waals surface area (Å²) in [5, 5.41) is 0. The lowest BCUT2D eigenvalue weighted by molar-refractivity contribution is -0.139. The fraction of sp³-hybridized carbons (Fsp3) is 0.172. The predicted molar refractivity (Wildman–Crippen MR) is 142 cm³/mol. The first-order valence-corrected chi connectivity index (χ1v) is 12.9. The van der Waals surface area contributed by atoms with Gasteiger partial charge in [0.1, 0.15) is 17.3 Å². The summed E-state index contributed by atoms with van der Waals surface area (Å²) in [5.41, 5.74) is 1.67. The van der Waals surface area contributed by atoms with E-state index in [9.17, 15) is 18.8 Å². The van der Waals surface area contributed by atoms with E-state index in [0.717, 1.165) is 11.3 Å². The zero-order chi connectivity index (χ0) is 27.7.